The highest BCUT2D eigenvalue weighted by Crippen LogP contribution is 2.17. The van der Waals surface area contributed by atoms with Crippen molar-refractivity contribution in [2.75, 3.05) is 12.0 Å². The average Bonchev–Trinajstić information content (AvgIpc) is 2.41. The number of hydrogen-bond acceptors (Lipinski definition) is 4. The first-order valence-electron chi connectivity index (χ1n) is 3.19. The van der Waals surface area contributed by atoms with Crippen molar-refractivity contribution >= 4 is 0 Å². The molecule has 2 rings (SSSR count). The van der Waals surface area contributed by atoms with Crippen LogP contribution in [0.3, 0.4) is 0 Å². The van der Waals surface area contributed by atoms with Crippen LogP contribution in [0.1, 0.15) is 11.9 Å². The summed E-state index contributed by atoms with van der Waals surface area (Å²) in [5.41, 5.74) is 2.82. The van der Waals surface area contributed by atoms with Gasteiger partial charge in [0.1, 0.15) is 6.54 Å². The van der Waals surface area contributed by atoms with Gasteiger partial charge in [-0.1, -0.05) is 0 Å². The second-order valence-electron chi connectivity index (χ2n) is 2.32. The minimum Gasteiger partial charge on any atom is -0.317 e. The molecule has 0 aliphatic carbocycles. The van der Waals surface area contributed by atoms with Crippen LogP contribution in [0.2, 0.25) is 0 Å². The van der Waals surface area contributed by atoms with Crippen LogP contribution in [0.25, 0.3) is 0 Å². The minimum absolute atomic E-state index is 0.330. The molecule has 2 heterocycles. The monoisotopic (exact) mass is 154 g/mol. The van der Waals surface area contributed by atoms with Crippen molar-refractivity contribution in [2.24, 2.45) is 0 Å². The Kier molecular flexibility index (Phi) is 1.09. The summed E-state index contributed by atoms with van der Waals surface area (Å²) >= 11 is 0. The summed E-state index contributed by atoms with van der Waals surface area (Å²) in [5.74, 6) is 0.481. The van der Waals surface area contributed by atoms with Gasteiger partial charge in [-0.2, -0.15) is 0 Å². The highest BCUT2D eigenvalue weighted by molar-refractivity contribution is 5.07. The molecule has 6 nitrogen and oxygen atoms in total. The molecule has 0 spiro atoms. The van der Waals surface area contributed by atoms with Crippen LogP contribution >= 0.6 is 0 Å². The molecule has 0 fully saturated rings. The molecule has 1 unspecified atom stereocenters. The quantitative estimate of drug-likeness (QED) is 0.447. The van der Waals surface area contributed by atoms with Crippen molar-refractivity contribution in [3.05, 3.63) is 28.3 Å². The summed E-state index contributed by atoms with van der Waals surface area (Å²) in [6, 6.07) is -0.690. The molecule has 0 saturated heterocycles. The number of nitrogens with one attached hydrogen (secondary N) is 1. The van der Waals surface area contributed by atoms with Crippen LogP contribution in [-0.4, -0.2) is 21.1 Å². The van der Waals surface area contributed by atoms with E-state index in [1.165, 1.54) is 6.20 Å². The Morgan fingerprint density at radius 2 is 2.73 bits per heavy atom. The number of hydrogen-bond donors (Lipinski definition) is 1. The van der Waals surface area contributed by atoms with Crippen LogP contribution < -0.4 is 5.43 Å². The second kappa shape index (κ2) is 1.94. The van der Waals surface area contributed by atoms with Crippen molar-refractivity contribution in [1.29, 1.82) is 0 Å². The fraction of sp³-hybridized carbons (Fsp3) is 0.400. The second-order valence-corrected chi connectivity index (χ2v) is 2.32. The third-order valence-electron chi connectivity index (χ3n) is 1.68. The largest absolute Gasteiger partial charge is 0.317 e. The molecule has 0 bridgehead atoms. The van der Waals surface area contributed by atoms with Gasteiger partial charge in [0.15, 0.2) is 0 Å². The Hall–Kier alpha value is -1.59. The lowest BCUT2D eigenvalue weighted by Crippen LogP contribution is -2.13. The van der Waals surface area contributed by atoms with E-state index in [1.54, 1.807) is 10.9 Å². The third-order valence-corrected chi connectivity index (χ3v) is 1.68. The molecule has 0 aromatic carbocycles. The van der Waals surface area contributed by atoms with E-state index in [9.17, 15) is 10.1 Å². The summed E-state index contributed by atoms with van der Waals surface area (Å²) in [5, 5.41) is 10.4. The van der Waals surface area contributed by atoms with Crippen LogP contribution in [0.15, 0.2) is 12.4 Å². The van der Waals surface area contributed by atoms with Gasteiger partial charge in [-0.3, -0.25) is 10.1 Å². The van der Waals surface area contributed by atoms with Crippen LogP contribution in [-0.2, 0) is 0 Å². The molecule has 1 aromatic rings. The van der Waals surface area contributed by atoms with Gasteiger partial charge < -0.3 is 5.43 Å². The summed E-state index contributed by atoms with van der Waals surface area (Å²) in [6.45, 7) is 0.330. The number of rotatable bonds is 1. The molecule has 58 valence electrons. The van der Waals surface area contributed by atoms with Crippen molar-refractivity contribution in [3.8, 4) is 0 Å². The minimum atomic E-state index is -0.690. The topological polar surface area (TPSA) is 73.0 Å². The molecule has 1 atom stereocenters. The van der Waals surface area contributed by atoms with E-state index < -0.39 is 6.04 Å². The zero-order valence-corrected chi connectivity index (χ0v) is 5.60. The number of nitrogens with zero attached hydrogens (tertiary/aromatic N) is 3. The first kappa shape index (κ1) is 6.14. The number of imidazole rings is 1. The predicted octanol–water partition coefficient (Wildman–Crippen LogP) is -0.242. The first-order chi connectivity index (χ1) is 5.29. The highest BCUT2D eigenvalue weighted by atomic mass is 16.6. The average molecular weight is 154 g/mol. The molecule has 6 heteroatoms. The lowest BCUT2D eigenvalue weighted by Gasteiger charge is -1.94. The molecule has 11 heavy (non-hydrogen) atoms. The maximum atomic E-state index is 10.4. The SMILES string of the molecule is O=[N+]([O-])C1CNn2ccnc21. The van der Waals surface area contributed by atoms with E-state index >= 15 is 0 Å². The summed E-state index contributed by atoms with van der Waals surface area (Å²) in [6.07, 6.45) is 3.21. The molecule has 1 aliphatic rings. The van der Waals surface area contributed by atoms with Gasteiger partial charge in [0, 0.05) is 17.3 Å². The van der Waals surface area contributed by atoms with Gasteiger partial charge in [0.25, 0.3) is 6.04 Å². The van der Waals surface area contributed by atoms with E-state index in [4.69, 9.17) is 0 Å². The van der Waals surface area contributed by atoms with Gasteiger partial charge in [0.05, 0.1) is 0 Å². The Labute approximate surface area is 62.0 Å². The Morgan fingerprint density at radius 1 is 1.91 bits per heavy atom. The third kappa shape index (κ3) is 0.754. The molecule has 0 saturated carbocycles. The Morgan fingerprint density at radius 3 is 3.45 bits per heavy atom. The smallest absolute Gasteiger partial charge is 0.289 e. The van der Waals surface area contributed by atoms with E-state index in [0.29, 0.717) is 12.4 Å². The Bertz CT molecular complexity index is 294. The normalized spacial score (nSPS) is 20.9. The molecule has 0 amide bonds. The van der Waals surface area contributed by atoms with Gasteiger partial charge in [-0.25, -0.2) is 9.66 Å². The van der Waals surface area contributed by atoms with Crippen LogP contribution in [0.4, 0.5) is 0 Å². The molecule has 1 aliphatic heterocycles. The molecular formula is C5H6N4O2. The maximum absolute atomic E-state index is 10.4. The molecule has 0 radical (unpaired) electrons. The zero-order valence-electron chi connectivity index (χ0n) is 5.60. The van der Waals surface area contributed by atoms with Gasteiger partial charge in [-0.05, 0) is 0 Å². The number of nitro groups is 1. The fourth-order valence-corrected chi connectivity index (χ4v) is 1.14. The first-order valence-corrected chi connectivity index (χ1v) is 3.19. The highest BCUT2D eigenvalue weighted by Gasteiger charge is 2.32. The lowest BCUT2D eigenvalue weighted by molar-refractivity contribution is -0.524. The summed E-state index contributed by atoms with van der Waals surface area (Å²) < 4.78 is 1.58. The number of aromatic nitrogens is 2. The lowest BCUT2D eigenvalue weighted by atomic mass is 10.3. The van der Waals surface area contributed by atoms with Crippen molar-refractivity contribution in [2.45, 2.75) is 6.04 Å². The summed E-state index contributed by atoms with van der Waals surface area (Å²) in [7, 11) is 0. The van der Waals surface area contributed by atoms with Gasteiger partial charge >= 0.3 is 0 Å². The molecular weight excluding hydrogens is 148 g/mol. The summed E-state index contributed by atoms with van der Waals surface area (Å²) in [4.78, 5) is 13.9. The predicted molar refractivity (Wildman–Crippen MR) is 36.2 cm³/mol. The van der Waals surface area contributed by atoms with E-state index in [-0.39, 0.29) is 4.92 Å². The maximum Gasteiger partial charge on any atom is 0.289 e. The standard InChI is InChI=1S/C5H6N4O2/c10-9(11)4-3-7-8-2-1-6-5(4)8/h1-2,4,7H,3H2. The van der Waals surface area contributed by atoms with E-state index in [0.717, 1.165) is 0 Å². The van der Waals surface area contributed by atoms with Crippen LogP contribution in [0.5, 0.6) is 0 Å². The van der Waals surface area contributed by atoms with Crippen molar-refractivity contribution in [1.82, 2.24) is 9.66 Å². The van der Waals surface area contributed by atoms with Crippen molar-refractivity contribution < 1.29 is 4.92 Å². The van der Waals surface area contributed by atoms with Gasteiger partial charge in [0.2, 0.25) is 5.82 Å². The number of fused-ring (bicyclic) bond motifs is 1. The Balaban J connectivity index is 2.38. The van der Waals surface area contributed by atoms with Crippen molar-refractivity contribution in [3.63, 3.8) is 0 Å². The molecule has 1 N–H and O–H groups in total. The molecule has 1 aromatic heterocycles. The zero-order chi connectivity index (χ0) is 7.84. The van der Waals surface area contributed by atoms with E-state index in [1.807, 2.05) is 0 Å². The van der Waals surface area contributed by atoms with E-state index in [2.05, 4.69) is 10.4 Å². The van der Waals surface area contributed by atoms with Gasteiger partial charge in [-0.15, -0.1) is 0 Å². The van der Waals surface area contributed by atoms with Crippen LogP contribution in [0, 0.1) is 10.1 Å². The fourth-order valence-electron chi connectivity index (χ4n) is 1.14.